The molecule has 0 atom stereocenters. The molecule has 0 saturated carbocycles. The zero-order chi connectivity index (χ0) is 24.1. The lowest BCUT2D eigenvalue weighted by Gasteiger charge is -2.18. The van der Waals surface area contributed by atoms with Gasteiger partial charge in [-0.2, -0.15) is 0 Å². The molecule has 4 aromatic carbocycles. The summed E-state index contributed by atoms with van der Waals surface area (Å²) in [6, 6.07) is 28.7. The molecule has 0 amide bonds. The molecule has 0 unspecified atom stereocenters. The van der Waals surface area contributed by atoms with E-state index in [0.29, 0.717) is 5.57 Å². The second kappa shape index (κ2) is 9.84. The maximum Gasteiger partial charge on any atom is 0.0918 e. The summed E-state index contributed by atoms with van der Waals surface area (Å²) in [7, 11) is 0. The van der Waals surface area contributed by atoms with E-state index in [1.807, 2.05) is 60.7 Å². The first kappa shape index (κ1) is 23.1. The summed E-state index contributed by atoms with van der Waals surface area (Å²) in [5.41, 5.74) is 5.82. The molecule has 4 rings (SSSR count). The average molecular weight is 441 g/mol. The van der Waals surface area contributed by atoms with E-state index in [-0.39, 0.29) is 0 Å². The second-order valence-electron chi connectivity index (χ2n) is 9.10. The van der Waals surface area contributed by atoms with Crippen LogP contribution in [0.5, 0.6) is 0 Å². The van der Waals surface area contributed by atoms with E-state index >= 15 is 0 Å². The fourth-order valence-electron chi connectivity index (χ4n) is 3.67. The van der Waals surface area contributed by atoms with Crippen molar-refractivity contribution in [2.24, 2.45) is 0 Å². The summed E-state index contributed by atoms with van der Waals surface area (Å²) < 4.78 is 0. The van der Waals surface area contributed by atoms with Crippen molar-refractivity contribution in [2.75, 3.05) is 0 Å². The van der Waals surface area contributed by atoms with E-state index < -0.39 is 5.60 Å². The zero-order valence-corrected chi connectivity index (χ0v) is 20.1. The molecule has 0 radical (unpaired) electrons. The van der Waals surface area contributed by atoms with Crippen LogP contribution in [0.15, 0.2) is 90.5 Å². The number of aryl methyl sites for hydroxylation is 2. The molecule has 1 N–H and O–H groups in total. The smallest absolute Gasteiger partial charge is 0.0918 e. The first-order valence-electron chi connectivity index (χ1n) is 11.4. The van der Waals surface area contributed by atoms with Gasteiger partial charge in [0.05, 0.1) is 5.60 Å². The number of benzene rings is 4. The van der Waals surface area contributed by atoms with E-state index in [4.69, 9.17) is 0 Å². The predicted molar refractivity (Wildman–Crippen MR) is 143 cm³/mol. The predicted octanol–water partition coefficient (Wildman–Crippen LogP) is 7.06. The Kier molecular flexibility index (Phi) is 6.70. The fraction of sp³-hybridized carbons (Fsp3) is 0.152. The number of hydrogen-bond acceptors (Lipinski definition) is 1. The van der Waals surface area contributed by atoms with Crippen LogP contribution >= 0.6 is 0 Å². The van der Waals surface area contributed by atoms with E-state index in [9.17, 15) is 5.11 Å². The molecule has 4 aromatic rings. The number of aliphatic hydroxyl groups is 1. The monoisotopic (exact) mass is 440 g/mol. The van der Waals surface area contributed by atoms with Gasteiger partial charge in [0.2, 0.25) is 0 Å². The largest absolute Gasteiger partial charge is 0.385 e. The highest BCUT2D eigenvalue weighted by Crippen LogP contribution is 2.27. The quantitative estimate of drug-likeness (QED) is 0.331. The van der Waals surface area contributed by atoms with Gasteiger partial charge in [0.15, 0.2) is 0 Å². The Bertz CT molecular complexity index is 1470. The lowest BCUT2D eigenvalue weighted by atomic mass is 9.92. The van der Waals surface area contributed by atoms with Crippen LogP contribution in [0.4, 0.5) is 0 Å². The van der Waals surface area contributed by atoms with Crippen LogP contribution in [-0.4, -0.2) is 10.7 Å². The molecule has 0 saturated heterocycles. The molecule has 0 aliphatic rings. The molecule has 1 nitrogen and oxygen atoms in total. The Morgan fingerprint density at radius 1 is 0.706 bits per heavy atom. The van der Waals surface area contributed by atoms with Crippen molar-refractivity contribution in [2.45, 2.75) is 33.3 Å². The van der Waals surface area contributed by atoms with Crippen LogP contribution in [0.3, 0.4) is 0 Å². The summed E-state index contributed by atoms with van der Waals surface area (Å²) in [4.78, 5) is 0. The van der Waals surface area contributed by atoms with Gasteiger partial charge in [-0.15, -0.1) is 0 Å². The van der Waals surface area contributed by atoms with Crippen LogP contribution in [-0.2, 0) is 0 Å². The molecule has 34 heavy (non-hydrogen) atoms. The third-order valence-electron chi connectivity index (χ3n) is 5.68. The Morgan fingerprint density at radius 3 is 1.85 bits per heavy atom. The van der Waals surface area contributed by atoms with E-state index in [1.54, 1.807) is 13.8 Å². The Balaban J connectivity index is 1.83. The van der Waals surface area contributed by atoms with Gasteiger partial charge in [0.25, 0.3) is 0 Å². The lowest BCUT2D eigenvalue weighted by Crippen LogP contribution is -2.20. The lowest BCUT2D eigenvalue weighted by molar-refractivity contribution is 0.126. The van der Waals surface area contributed by atoms with Crippen LogP contribution in [0.1, 0.15) is 47.2 Å². The SMILES string of the molecule is Cc1ccc(C#C/C(=C/c2cccc3cccc(C#Cc4ccc(C)cc4)c23)C(C)(C)O)cc1. The van der Waals surface area contributed by atoms with Gasteiger partial charge >= 0.3 is 0 Å². The molecule has 0 aliphatic carbocycles. The van der Waals surface area contributed by atoms with Gasteiger partial charge < -0.3 is 5.11 Å². The summed E-state index contributed by atoms with van der Waals surface area (Å²) in [6.07, 6.45) is 1.99. The molecule has 0 bridgehead atoms. The molecule has 1 heteroatoms. The summed E-state index contributed by atoms with van der Waals surface area (Å²) in [5.74, 6) is 13.1. The van der Waals surface area contributed by atoms with Crippen molar-refractivity contribution in [3.63, 3.8) is 0 Å². The van der Waals surface area contributed by atoms with Gasteiger partial charge in [-0.05, 0) is 75.1 Å². The highest BCUT2D eigenvalue weighted by atomic mass is 16.3. The average Bonchev–Trinajstić information content (AvgIpc) is 2.81. The van der Waals surface area contributed by atoms with Gasteiger partial charge in [0, 0.05) is 27.6 Å². The fourth-order valence-corrected chi connectivity index (χ4v) is 3.67. The van der Waals surface area contributed by atoms with E-state index in [2.05, 4.69) is 67.9 Å². The summed E-state index contributed by atoms with van der Waals surface area (Å²) >= 11 is 0. The Morgan fingerprint density at radius 2 is 1.26 bits per heavy atom. The molecule has 0 spiro atoms. The minimum absolute atomic E-state index is 0.655. The van der Waals surface area contributed by atoms with Gasteiger partial charge in [-0.3, -0.25) is 0 Å². The van der Waals surface area contributed by atoms with Crippen LogP contribution < -0.4 is 0 Å². The molecular formula is C33H28O. The zero-order valence-electron chi connectivity index (χ0n) is 20.1. The minimum atomic E-state index is -1.08. The molecule has 0 heterocycles. The van der Waals surface area contributed by atoms with Gasteiger partial charge in [0.1, 0.15) is 0 Å². The van der Waals surface area contributed by atoms with Crippen molar-refractivity contribution in [1.82, 2.24) is 0 Å². The highest BCUT2D eigenvalue weighted by Gasteiger charge is 2.18. The number of hydrogen-bond donors (Lipinski definition) is 1. The third kappa shape index (κ3) is 5.65. The van der Waals surface area contributed by atoms with Gasteiger partial charge in [-0.1, -0.05) is 89.4 Å². The maximum atomic E-state index is 10.9. The maximum absolute atomic E-state index is 10.9. The van der Waals surface area contributed by atoms with Crippen LogP contribution in [0.25, 0.3) is 16.8 Å². The van der Waals surface area contributed by atoms with Crippen LogP contribution in [0, 0.1) is 37.5 Å². The third-order valence-corrected chi connectivity index (χ3v) is 5.68. The first-order valence-corrected chi connectivity index (χ1v) is 11.4. The molecule has 0 aliphatic heterocycles. The Hall–Kier alpha value is -4.04. The van der Waals surface area contributed by atoms with E-state index in [1.165, 1.54) is 11.1 Å². The number of rotatable bonds is 2. The van der Waals surface area contributed by atoms with Crippen molar-refractivity contribution >= 4 is 16.8 Å². The summed E-state index contributed by atoms with van der Waals surface area (Å²) in [6.45, 7) is 7.67. The summed E-state index contributed by atoms with van der Waals surface area (Å²) in [5, 5.41) is 13.0. The highest BCUT2D eigenvalue weighted by molar-refractivity contribution is 5.96. The molecule has 0 aromatic heterocycles. The minimum Gasteiger partial charge on any atom is -0.385 e. The van der Waals surface area contributed by atoms with Crippen molar-refractivity contribution < 1.29 is 5.11 Å². The standard InChI is InChI=1S/C33H28O/c1-24-11-15-26(16-12-24)19-21-29-9-5-7-28-8-6-10-30(32(28)29)23-31(33(3,4)34)22-20-27-17-13-25(2)14-18-27/h5-18,23,34H,1-4H3/b31-23-. The molecular weight excluding hydrogens is 412 g/mol. The Labute approximate surface area is 202 Å². The van der Waals surface area contributed by atoms with Crippen molar-refractivity contribution in [3.05, 3.63) is 124 Å². The van der Waals surface area contributed by atoms with Gasteiger partial charge in [-0.25, -0.2) is 0 Å². The normalized spacial score (nSPS) is 11.4. The second-order valence-corrected chi connectivity index (χ2v) is 9.10. The van der Waals surface area contributed by atoms with Crippen molar-refractivity contribution in [1.29, 1.82) is 0 Å². The van der Waals surface area contributed by atoms with E-state index in [0.717, 1.165) is 33.0 Å². The molecule has 166 valence electrons. The van der Waals surface area contributed by atoms with Crippen molar-refractivity contribution in [3.8, 4) is 23.7 Å². The number of fused-ring (bicyclic) bond motifs is 1. The van der Waals surface area contributed by atoms with Crippen LogP contribution in [0.2, 0.25) is 0 Å². The molecule has 0 fully saturated rings. The first-order chi connectivity index (χ1) is 16.3. The topological polar surface area (TPSA) is 20.2 Å².